The summed E-state index contributed by atoms with van der Waals surface area (Å²) in [7, 11) is 0. The second-order valence-corrected chi connectivity index (χ2v) is 4.21. The summed E-state index contributed by atoms with van der Waals surface area (Å²) in [5.74, 6) is 0.783. The zero-order chi connectivity index (χ0) is 9.90. The van der Waals surface area contributed by atoms with Crippen LogP contribution in [0.4, 0.5) is 0 Å². The van der Waals surface area contributed by atoms with Crippen LogP contribution in [0.1, 0.15) is 40.5 Å². The molecule has 1 aliphatic rings. The van der Waals surface area contributed by atoms with Crippen molar-refractivity contribution >= 4 is 5.90 Å². The molecule has 0 radical (unpaired) electrons. The molecule has 2 nitrogen and oxygen atoms in total. The lowest BCUT2D eigenvalue weighted by Crippen LogP contribution is -2.33. The van der Waals surface area contributed by atoms with Gasteiger partial charge < -0.3 is 4.74 Å². The Balaban J connectivity index is 2.73. The van der Waals surface area contributed by atoms with Gasteiger partial charge in [-0.3, -0.25) is 0 Å². The highest BCUT2D eigenvalue weighted by molar-refractivity contribution is 5.88. The van der Waals surface area contributed by atoms with E-state index in [1.54, 1.807) is 0 Å². The van der Waals surface area contributed by atoms with E-state index in [1.165, 1.54) is 0 Å². The van der Waals surface area contributed by atoms with Crippen molar-refractivity contribution in [3.8, 4) is 0 Å². The number of hydrogen-bond acceptors (Lipinski definition) is 2. The minimum absolute atomic E-state index is 0.0328. The summed E-state index contributed by atoms with van der Waals surface area (Å²) >= 11 is 0. The molecule has 1 aliphatic heterocycles. The maximum Gasteiger partial charge on any atom is 0.209 e. The van der Waals surface area contributed by atoms with Gasteiger partial charge in [0.1, 0.15) is 0 Å². The Morgan fingerprint density at radius 2 is 2.31 bits per heavy atom. The molecule has 1 atom stereocenters. The average molecular weight is 181 g/mol. The molecule has 1 heterocycles. The van der Waals surface area contributed by atoms with Crippen molar-refractivity contribution < 1.29 is 4.74 Å². The lowest BCUT2D eigenvalue weighted by atomic mass is 9.97. The molecule has 0 spiro atoms. The van der Waals surface area contributed by atoms with E-state index in [0.29, 0.717) is 0 Å². The molecule has 0 aliphatic carbocycles. The van der Waals surface area contributed by atoms with Gasteiger partial charge in [-0.25, -0.2) is 4.99 Å². The number of nitrogens with zero attached hydrogens (tertiary/aromatic N) is 1. The first-order valence-corrected chi connectivity index (χ1v) is 4.96. The Hall–Kier alpha value is -0.790. The second kappa shape index (κ2) is 3.95. The molecule has 0 aromatic heterocycles. The molecule has 74 valence electrons. The van der Waals surface area contributed by atoms with Crippen LogP contribution >= 0.6 is 0 Å². The molecule has 0 N–H and O–H groups in total. The topological polar surface area (TPSA) is 21.6 Å². The smallest absolute Gasteiger partial charge is 0.209 e. The van der Waals surface area contributed by atoms with Crippen LogP contribution in [0.3, 0.4) is 0 Å². The minimum Gasteiger partial charge on any atom is -0.475 e. The van der Waals surface area contributed by atoms with Crippen molar-refractivity contribution in [2.45, 2.75) is 52.2 Å². The quantitative estimate of drug-likeness (QED) is 0.642. The summed E-state index contributed by atoms with van der Waals surface area (Å²) in [6.45, 7) is 8.49. The highest BCUT2D eigenvalue weighted by Crippen LogP contribution is 2.23. The van der Waals surface area contributed by atoms with Gasteiger partial charge in [-0.15, -0.1) is 0 Å². The molecule has 0 fully saturated rings. The van der Waals surface area contributed by atoms with E-state index in [2.05, 4.69) is 38.8 Å². The molecule has 1 rings (SSSR count). The summed E-state index contributed by atoms with van der Waals surface area (Å²) in [5.41, 5.74) is 0.0328. The number of aliphatic imine (C=N–C) groups is 1. The SMILES string of the molecule is CC/C=C/C1=NC(C)(C)CC(C)O1. The standard InChI is InChI=1S/C11H19NO/c1-5-6-7-10-12-11(3,4)8-9(2)13-10/h6-7,9H,5,8H2,1-4H3/b7-6+. The Bertz CT molecular complexity index is 228. The molecule has 2 heteroatoms. The molecule has 0 aromatic rings. The van der Waals surface area contributed by atoms with Crippen LogP contribution in [0, 0.1) is 0 Å². The van der Waals surface area contributed by atoms with E-state index in [-0.39, 0.29) is 11.6 Å². The fourth-order valence-corrected chi connectivity index (χ4v) is 1.62. The van der Waals surface area contributed by atoms with Crippen LogP contribution in [0.25, 0.3) is 0 Å². The predicted molar refractivity (Wildman–Crippen MR) is 56.1 cm³/mol. The Labute approximate surface area is 80.7 Å². The first-order valence-electron chi connectivity index (χ1n) is 4.96. The zero-order valence-corrected chi connectivity index (χ0v) is 9.00. The van der Waals surface area contributed by atoms with Crippen LogP contribution in [-0.4, -0.2) is 17.5 Å². The van der Waals surface area contributed by atoms with Crippen LogP contribution < -0.4 is 0 Å². The summed E-state index contributed by atoms with van der Waals surface area (Å²) < 4.78 is 5.59. The zero-order valence-electron chi connectivity index (χ0n) is 9.00. The largest absolute Gasteiger partial charge is 0.475 e. The molecular formula is C11H19NO. The molecule has 13 heavy (non-hydrogen) atoms. The van der Waals surface area contributed by atoms with Gasteiger partial charge in [0.2, 0.25) is 5.90 Å². The number of allylic oxidation sites excluding steroid dienone is 1. The van der Waals surface area contributed by atoms with Gasteiger partial charge >= 0.3 is 0 Å². The van der Waals surface area contributed by atoms with Gasteiger partial charge in [-0.1, -0.05) is 13.0 Å². The van der Waals surface area contributed by atoms with E-state index in [0.717, 1.165) is 18.7 Å². The lowest BCUT2D eigenvalue weighted by Gasteiger charge is -2.30. The molecule has 0 saturated heterocycles. The molecule has 1 unspecified atom stereocenters. The van der Waals surface area contributed by atoms with E-state index in [9.17, 15) is 0 Å². The van der Waals surface area contributed by atoms with Crippen molar-refractivity contribution in [1.29, 1.82) is 0 Å². The third-order valence-corrected chi connectivity index (χ3v) is 2.02. The van der Waals surface area contributed by atoms with Gasteiger partial charge in [-0.05, 0) is 33.3 Å². The minimum atomic E-state index is 0.0328. The normalized spacial score (nSPS) is 27.1. The van der Waals surface area contributed by atoms with Gasteiger partial charge in [0, 0.05) is 6.42 Å². The van der Waals surface area contributed by atoms with Gasteiger partial charge in [-0.2, -0.15) is 0 Å². The maximum absolute atomic E-state index is 5.59. The van der Waals surface area contributed by atoms with Crippen molar-refractivity contribution in [2.24, 2.45) is 4.99 Å². The summed E-state index contributed by atoms with van der Waals surface area (Å²) in [4.78, 5) is 4.51. The monoisotopic (exact) mass is 181 g/mol. The molecule has 0 amide bonds. The van der Waals surface area contributed by atoms with E-state index in [1.807, 2.05) is 6.08 Å². The average Bonchev–Trinajstić information content (AvgIpc) is 1.97. The first-order chi connectivity index (χ1) is 6.03. The van der Waals surface area contributed by atoms with Crippen molar-refractivity contribution in [1.82, 2.24) is 0 Å². The lowest BCUT2D eigenvalue weighted by molar-refractivity contribution is 0.147. The Morgan fingerprint density at radius 3 is 2.85 bits per heavy atom. The van der Waals surface area contributed by atoms with Crippen molar-refractivity contribution in [2.75, 3.05) is 0 Å². The number of rotatable bonds is 2. The van der Waals surface area contributed by atoms with Crippen LogP contribution in [0.2, 0.25) is 0 Å². The van der Waals surface area contributed by atoms with E-state index in [4.69, 9.17) is 4.74 Å². The third-order valence-electron chi connectivity index (χ3n) is 2.02. The summed E-state index contributed by atoms with van der Waals surface area (Å²) in [5, 5.41) is 0. The van der Waals surface area contributed by atoms with Gasteiger partial charge in [0.15, 0.2) is 0 Å². The fourth-order valence-electron chi connectivity index (χ4n) is 1.62. The highest BCUT2D eigenvalue weighted by Gasteiger charge is 2.26. The maximum atomic E-state index is 5.59. The third kappa shape index (κ3) is 3.21. The Kier molecular flexibility index (Phi) is 3.12. The fraction of sp³-hybridized carbons (Fsp3) is 0.727. The molecule has 0 saturated carbocycles. The van der Waals surface area contributed by atoms with Gasteiger partial charge in [0.25, 0.3) is 0 Å². The number of ether oxygens (including phenoxy) is 1. The van der Waals surface area contributed by atoms with Gasteiger partial charge in [0.05, 0.1) is 11.6 Å². The van der Waals surface area contributed by atoms with E-state index >= 15 is 0 Å². The predicted octanol–water partition coefficient (Wildman–Crippen LogP) is 2.94. The van der Waals surface area contributed by atoms with Crippen LogP contribution in [0.5, 0.6) is 0 Å². The first kappa shape index (κ1) is 10.3. The molecule has 0 aromatic carbocycles. The number of hydrogen-bond donors (Lipinski definition) is 0. The summed E-state index contributed by atoms with van der Waals surface area (Å²) in [6.07, 6.45) is 6.35. The van der Waals surface area contributed by atoms with Crippen molar-refractivity contribution in [3.05, 3.63) is 12.2 Å². The molecule has 0 bridgehead atoms. The summed E-state index contributed by atoms with van der Waals surface area (Å²) in [6, 6.07) is 0. The molecular weight excluding hydrogens is 162 g/mol. The Morgan fingerprint density at radius 1 is 1.62 bits per heavy atom. The highest BCUT2D eigenvalue weighted by atomic mass is 16.5. The second-order valence-electron chi connectivity index (χ2n) is 4.21. The van der Waals surface area contributed by atoms with E-state index < -0.39 is 0 Å². The van der Waals surface area contributed by atoms with Crippen LogP contribution in [-0.2, 0) is 4.74 Å². The van der Waals surface area contributed by atoms with Crippen molar-refractivity contribution in [3.63, 3.8) is 0 Å². The van der Waals surface area contributed by atoms with Crippen LogP contribution in [0.15, 0.2) is 17.1 Å².